The molecule has 2 aromatic heterocycles. The third-order valence-electron chi connectivity index (χ3n) is 2.07. The fourth-order valence-electron chi connectivity index (χ4n) is 1.30. The predicted octanol–water partition coefficient (Wildman–Crippen LogP) is 0.404. The van der Waals surface area contributed by atoms with E-state index in [2.05, 4.69) is 15.3 Å². The van der Waals surface area contributed by atoms with Crippen molar-refractivity contribution in [1.82, 2.24) is 19.8 Å². The first-order valence-electron chi connectivity index (χ1n) is 4.68. The molecular formula is C9H13N5. The lowest BCUT2D eigenvalue weighted by molar-refractivity contribution is 0.635. The van der Waals surface area contributed by atoms with Crippen LogP contribution in [0.2, 0.25) is 0 Å². The monoisotopic (exact) mass is 191 g/mol. The Morgan fingerprint density at radius 3 is 3.14 bits per heavy atom. The van der Waals surface area contributed by atoms with Crippen LogP contribution in [0.4, 0.5) is 0 Å². The maximum Gasteiger partial charge on any atom is 0.177 e. The zero-order chi connectivity index (χ0) is 9.97. The molecule has 0 aromatic carbocycles. The fraction of sp³-hybridized carbons (Fsp3) is 0.444. The maximum absolute atomic E-state index is 5.68. The normalized spacial score (nSPS) is 13.3. The average molecular weight is 191 g/mol. The molecule has 5 nitrogen and oxygen atoms in total. The smallest absolute Gasteiger partial charge is 0.177 e. The first kappa shape index (κ1) is 9.08. The molecule has 0 saturated heterocycles. The summed E-state index contributed by atoms with van der Waals surface area (Å²) in [7, 11) is 0. The largest absolute Gasteiger partial charge is 0.328 e. The van der Waals surface area contributed by atoms with E-state index in [0.29, 0.717) is 0 Å². The van der Waals surface area contributed by atoms with Gasteiger partial charge in [0.2, 0.25) is 0 Å². The highest BCUT2D eigenvalue weighted by Gasteiger charge is 2.05. The fourth-order valence-corrected chi connectivity index (χ4v) is 1.30. The van der Waals surface area contributed by atoms with Crippen LogP contribution in [0.5, 0.6) is 0 Å². The van der Waals surface area contributed by atoms with E-state index in [0.717, 1.165) is 24.3 Å². The molecule has 2 heterocycles. The standard InChI is InChI=1S/C9H13N5/c1-7(10)4-5-9-13-12-8-3-2-6-11-14(8)9/h2-3,6-7H,4-5,10H2,1H3. The Hall–Kier alpha value is -1.49. The van der Waals surface area contributed by atoms with Crippen LogP contribution in [-0.4, -0.2) is 25.9 Å². The average Bonchev–Trinajstić information content (AvgIpc) is 2.58. The second-order valence-corrected chi connectivity index (χ2v) is 3.43. The lowest BCUT2D eigenvalue weighted by Crippen LogP contribution is -2.16. The Morgan fingerprint density at radius 1 is 1.50 bits per heavy atom. The van der Waals surface area contributed by atoms with Gasteiger partial charge in [0.05, 0.1) is 0 Å². The molecule has 0 radical (unpaired) electrons. The highest BCUT2D eigenvalue weighted by atomic mass is 15.4. The Kier molecular flexibility index (Phi) is 2.41. The van der Waals surface area contributed by atoms with Crippen LogP contribution < -0.4 is 5.73 Å². The van der Waals surface area contributed by atoms with Gasteiger partial charge in [-0.3, -0.25) is 0 Å². The molecule has 0 amide bonds. The van der Waals surface area contributed by atoms with Gasteiger partial charge in [-0.15, -0.1) is 10.2 Å². The number of hydrogen-bond acceptors (Lipinski definition) is 4. The van der Waals surface area contributed by atoms with Gasteiger partial charge < -0.3 is 5.73 Å². The summed E-state index contributed by atoms with van der Waals surface area (Å²) >= 11 is 0. The Bertz CT molecular complexity index is 420. The number of hydrogen-bond donors (Lipinski definition) is 1. The van der Waals surface area contributed by atoms with Gasteiger partial charge in [-0.1, -0.05) is 0 Å². The van der Waals surface area contributed by atoms with Gasteiger partial charge in [-0.05, 0) is 25.5 Å². The predicted molar refractivity (Wildman–Crippen MR) is 52.8 cm³/mol. The van der Waals surface area contributed by atoms with Crippen molar-refractivity contribution in [3.8, 4) is 0 Å². The minimum absolute atomic E-state index is 0.186. The quantitative estimate of drug-likeness (QED) is 0.762. The van der Waals surface area contributed by atoms with E-state index >= 15 is 0 Å². The number of aryl methyl sites for hydroxylation is 1. The van der Waals surface area contributed by atoms with E-state index in [4.69, 9.17) is 5.73 Å². The van der Waals surface area contributed by atoms with Crippen molar-refractivity contribution < 1.29 is 0 Å². The number of rotatable bonds is 3. The van der Waals surface area contributed by atoms with E-state index in [1.807, 2.05) is 19.1 Å². The van der Waals surface area contributed by atoms with Crippen molar-refractivity contribution >= 4 is 5.65 Å². The van der Waals surface area contributed by atoms with Crippen molar-refractivity contribution in [2.24, 2.45) is 5.73 Å². The molecule has 0 aliphatic rings. The van der Waals surface area contributed by atoms with E-state index in [1.165, 1.54) is 0 Å². The number of nitrogens with two attached hydrogens (primary N) is 1. The van der Waals surface area contributed by atoms with Gasteiger partial charge in [0.15, 0.2) is 11.5 Å². The van der Waals surface area contributed by atoms with E-state index in [9.17, 15) is 0 Å². The van der Waals surface area contributed by atoms with Gasteiger partial charge in [0.1, 0.15) is 0 Å². The van der Waals surface area contributed by atoms with Crippen molar-refractivity contribution in [3.05, 3.63) is 24.2 Å². The summed E-state index contributed by atoms with van der Waals surface area (Å²) in [5.74, 6) is 0.873. The minimum Gasteiger partial charge on any atom is -0.328 e. The van der Waals surface area contributed by atoms with Gasteiger partial charge in [-0.2, -0.15) is 9.61 Å². The first-order valence-corrected chi connectivity index (χ1v) is 4.68. The van der Waals surface area contributed by atoms with Crippen LogP contribution in [0.15, 0.2) is 18.3 Å². The second-order valence-electron chi connectivity index (χ2n) is 3.43. The molecule has 2 N–H and O–H groups in total. The minimum atomic E-state index is 0.186. The third-order valence-corrected chi connectivity index (χ3v) is 2.07. The summed E-state index contributed by atoms with van der Waals surface area (Å²) in [4.78, 5) is 0. The Morgan fingerprint density at radius 2 is 2.36 bits per heavy atom. The molecule has 2 rings (SSSR count). The second kappa shape index (κ2) is 3.71. The molecule has 14 heavy (non-hydrogen) atoms. The zero-order valence-electron chi connectivity index (χ0n) is 8.09. The molecule has 1 atom stereocenters. The highest BCUT2D eigenvalue weighted by molar-refractivity contribution is 5.34. The van der Waals surface area contributed by atoms with Crippen molar-refractivity contribution in [2.75, 3.05) is 0 Å². The van der Waals surface area contributed by atoms with Crippen molar-refractivity contribution in [1.29, 1.82) is 0 Å². The Labute approximate surface area is 81.9 Å². The lowest BCUT2D eigenvalue weighted by atomic mass is 10.2. The van der Waals surface area contributed by atoms with Gasteiger partial charge >= 0.3 is 0 Å². The lowest BCUT2D eigenvalue weighted by Gasteiger charge is -2.01. The molecule has 0 aliphatic carbocycles. The van der Waals surface area contributed by atoms with Crippen LogP contribution >= 0.6 is 0 Å². The van der Waals surface area contributed by atoms with Gasteiger partial charge in [-0.25, -0.2) is 0 Å². The molecule has 0 aliphatic heterocycles. The molecular weight excluding hydrogens is 178 g/mol. The molecule has 74 valence electrons. The van der Waals surface area contributed by atoms with E-state index in [1.54, 1.807) is 10.7 Å². The summed E-state index contributed by atoms with van der Waals surface area (Å²) in [5, 5.41) is 12.2. The molecule has 0 bridgehead atoms. The van der Waals surface area contributed by atoms with Gasteiger partial charge in [0.25, 0.3) is 0 Å². The topological polar surface area (TPSA) is 69.1 Å². The van der Waals surface area contributed by atoms with Crippen molar-refractivity contribution in [2.45, 2.75) is 25.8 Å². The van der Waals surface area contributed by atoms with Crippen LogP contribution in [0.25, 0.3) is 5.65 Å². The Balaban J connectivity index is 2.25. The SMILES string of the molecule is CC(N)CCc1nnc2cccnn12. The van der Waals surface area contributed by atoms with Crippen LogP contribution in [0.3, 0.4) is 0 Å². The summed E-state index contributed by atoms with van der Waals surface area (Å²) in [6, 6.07) is 3.92. The zero-order valence-corrected chi connectivity index (χ0v) is 8.09. The molecule has 0 fully saturated rings. The molecule has 1 unspecified atom stereocenters. The molecule has 5 heteroatoms. The van der Waals surface area contributed by atoms with Crippen LogP contribution in [0.1, 0.15) is 19.2 Å². The summed E-state index contributed by atoms with van der Waals surface area (Å²) in [6.45, 7) is 1.98. The van der Waals surface area contributed by atoms with Crippen LogP contribution in [0, 0.1) is 0 Å². The summed E-state index contributed by atoms with van der Waals surface area (Å²) in [5.41, 5.74) is 6.46. The summed E-state index contributed by atoms with van der Waals surface area (Å²) in [6.07, 6.45) is 3.44. The molecule has 0 saturated carbocycles. The number of nitrogens with zero attached hydrogens (tertiary/aromatic N) is 4. The van der Waals surface area contributed by atoms with E-state index < -0.39 is 0 Å². The first-order chi connectivity index (χ1) is 6.77. The molecule has 0 spiro atoms. The number of aromatic nitrogens is 4. The van der Waals surface area contributed by atoms with Crippen molar-refractivity contribution in [3.63, 3.8) is 0 Å². The number of fused-ring (bicyclic) bond motifs is 1. The maximum atomic E-state index is 5.68. The van der Waals surface area contributed by atoms with E-state index in [-0.39, 0.29) is 6.04 Å². The highest BCUT2D eigenvalue weighted by Crippen LogP contribution is 2.03. The summed E-state index contributed by atoms with van der Waals surface area (Å²) < 4.78 is 1.75. The van der Waals surface area contributed by atoms with Crippen LogP contribution in [-0.2, 0) is 6.42 Å². The molecule has 2 aromatic rings. The third kappa shape index (κ3) is 1.72. The van der Waals surface area contributed by atoms with Gasteiger partial charge in [0, 0.05) is 18.7 Å².